The molecule has 0 saturated heterocycles. The molecule has 1 N–H and O–H groups in total. The van der Waals surface area contributed by atoms with Crippen molar-refractivity contribution >= 4 is 21.6 Å². The molecule has 1 saturated carbocycles. The van der Waals surface area contributed by atoms with E-state index < -0.39 is 10.0 Å². The van der Waals surface area contributed by atoms with Gasteiger partial charge in [-0.1, -0.05) is 12.1 Å². The Kier molecular flexibility index (Phi) is 4.06. The van der Waals surface area contributed by atoms with Crippen LogP contribution < -0.4 is 4.72 Å². The van der Waals surface area contributed by atoms with E-state index in [1.165, 1.54) is 5.56 Å². The lowest BCUT2D eigenvalue weighted by Crippen LogP contribution is -2.25. The van der Waals surface area contributed by atoms with Gasteiger partial charge in [-0.15, -0.1) is 0 Å². The van der Waals surface area contributed by atoms with Gasteiger partial charge in [-0.25, -0.2) is 23.1 Å². The molecule has 1 heterocycles. The normalized spacial score (nSPS) is 17.0. The summed E-state index contributed by atoms with van der Waals surface area (Å²) in [6, 6.07) is 7.16. The van der Waals surface area contributed by atoms with Crippen LogP contribution in [0.4, 0.5) is 0 Å². The van der Waals surface area contributed by atoms with Gasteiger partial charge in [0.2, 0.25) is 15.3 Å². The minimum Gasteiger partial charge on any atom is -0.223 e. The van der Waals surface area contributed by atoms with E-state index in [1.807, 2.05) is 6.07 Å². The van der Waals surface area contributed by atoms with Gasteiger partial charge in [-0.05, 0) is 67.0 Å². The van der Waals surface area contributed by atoms with Gasteiger partial charge in [0, 0.05) is 18.2 Å². The highest BCUT2D eigenvalue weighted by molar-refractivity contribution is 7.89. The number of hydrogen-bond acceptors (Lipinski definition) is 4. The molecule has 0 radical (unpaired) electrons. The predicted molar refractivity (Wildman–Crippen MR) is 91.7 cm³/mol. The van der Waals surface area contributed by atoms with Crippen LogP contribution in [-0.2, 0) is 29.3 Å². The van der Waals surface area contributed by atoms with Crippen LogP contribution in [0.1, 0.15) is 41.8 Å². The topological polar surface area (TPSA) is 72.0 Å². The van der Waals surface area contributed by atoms with E-state index in [0.717, 1.165) is 49.1 Å². The van der Waals surface area contributed by atoms with Crippen molar-refractivity contribution in [1.82, 2.24) is 14.7 Å². The van der Waals surface area contributed by atoms with E-state index in [4.69, 9.17) is 11.6 Å². The number of benzene rings is 1. The molecule has 1 fully saturated rings. The second-order valence-corrected chi connectivity index (χ2v) is 8.49. The van der Waals surface area contributed by atoms with Gasteiger partial charge < -0.3 is 0 Å². The van der Waals surface area contributed by atoms with E-state index in [2.05, 4.69) is 14.7 Å². The second-order valence-electron chi connectivity index (χ2n) is 6.44. The van der Waals surface area contributed by atoms with Crippen molar-refractivity contribution in [2.45, 2.75) is 49.5 Å². The second kappa shape index (κ2) is 6.10. The first-order valence-corrected chi connectivity index (χ1v) is 10.0. The lowest BCUT2D eigenvalue weighted by molar-refractivity contribution is 0.581. The summed E-state index contributed by atoms with van der Waals surface area (Å²) < 4.78 is 27.5. The SMILES string of the molecule is O=S(=O)(NC1CC1)c1cccc(Cc2nc(Cl)nc3c2CCC3)c1. The summed E-state index contributed by atoms with van der Waals surface area (Å²) >= 11 is 6.03. The largest absolute Gasteiger partial charge is 0.240 e. The van der Waals surface area contributed by atoms with E-state index in [1.54, 1.807) is 18.2 Å². The number of nitrogens with one attached hydrogen (secondary N) is 1. The molecule has 0 unspecified atom stereocenters. The molecule has 0 amide bonds. The van der Waals surface area contributed by atoms with Crippen molar-refractivity contribution in [3.8, 4) is 0 Å². The summed E-state index contributed by atoms with van der Waals surface area (Å²) in [6.07, 6.45) is 5.37. The molecule has 0 spiro atoms. The van der Waals surface area contributed by atoms with Gasteiger partial charge in [0.1, 0.15) is 0 Å². The Morgan fingerprint density at radius 2 is 2.04 bits per heavy atom. The third kappa shape index (κ3) is 3.31. The maximum Gasteiger partial charge on any atom is 0.240 e. The van der Waals surface area contributed by atoms with Crippen LogP contribution >= 0.6 is 11.6 Å². The summed E-state index contributed by atoms with van der Waals surface area (Å²) in [7, 11) is -3.44. The number of fused-ring (bicyclic) bond motifs is 1. The Balaban J connectivity index is 1.63. The van der Waals surface area contributed by atoms with Gasteiger partial charge in [0.05, 0.1) is 10.6 Å². The minimum absolute atomic E-state index is 0.0996. The number of aryl methyl sites for hydroxylation is 1. The number of halogens is 1. The first-order chi connectivity index (χ1) is 11.5. The van der Waals surface area contributed by atoms with Gasteiger partial charge in [-0.3, -0.25) is 0 Å². The molecule has 1 aromatic heterocycles. The smallest absolute Gasteiger partial charge is 0.223 e. The van der Waals surface area contributed by atoms with Crippen molar-refractivity contribution in [2.75, 3.05) is 0 Å². The summed E-state index contributed by atoms with van der Waals surface area (Å²) in [5, 5.41) is 0.268. The minimum atomic E-state index is -3.44. The van der Waals surface area contributed by atoms with Crippen LogP contribution in [0.2, 0.25) is 5.28 Å². The van der Waals surface area contributed by atoms with E-state index >= 15 is 0 Å². The number of nitrogens with zero attached hydrogens (tertiary/aromatic N) is 2. The standard InChI is InChI=1S/C17H18ClN3O2S/c18-17-19-15-6-2-5-14(15)16(20-17)10-11-3-1-4-13(9-11)24(22,23)21-12-7-8-12/h1,3-4,9,12,21H,2,5-8,10H2. The maximum atomic E-state index is 12.4. The average Bonchev–Trinajstić information content (AvgIpc) is 3.20. The molecular formula is C17H18ClN3O2S. The van der Waals surface area contributed by atoms with Crippen molar-refractivity contribution in [3.05, 3.63) is 52.1 Å². The zero-order valence-corrected chi connectivity index (χ0v) is 14.7. The number of aromatic nitrogens is 2. The molecule has 2 aliphatic rings. The fourth-order valence-corrected chi connectivity index (χ4v) is 4.71. The number of hydrogen-bond donors (Lipinski definition) is 1. The van der Waals surface area contributed by atoms with Gasteiger partial charge in [-0.2, -0.15) is 0 Å². The van der Waals surface area contributed by atoms with Crippen molar-refractivity contribution in [1.29, 1.82) is 0 Å². The Hall–Kier alpha value is -1.50. The molecule has 2 aliphatic carbocycles. The Labute approximate surface area is 146 Å². The quantitative estimate of drug-likeness (QED) is 0.829. The first-order valence-electron chi connectivity index (χ1n) is 8.17. The highest BCUT2D eigenvalue weighted by Crippen LogP contribution is 2.27. The van der Waals surface area contributed by atoms with E-state index in [-0.39, 0.29) is 11.3 Å². The van der Waals surface area contributed by atoms with Crippen molar-refractivity contribution in [2.24, 2.45) is 0 Å². The summed E-state index contributed by atoms with van der Waals surface area (Å²) in [5.41, 5.74) is 4.03. The fourth-order valence-electron chi connectivity index (χ4n) is 3.13. The van der Waals surface area contributed by atoms with E-state index in [9.17, 15) is 8.42 Å². The molecule has 0 aliphatic heterocycles. The Morgan fingerprint density at radius 3 is 2.83 bits per heavy atom. The highest BCUT2D eigenvalue weighted by atomic mass is 35.5. The molecule has 1 aromatic carbocycles. The van der Waals surface area contributed by atoms with Gasteiger partial charge in [0.15, 0.2) is 0 Å². The zero-order valence-electron chi connectivity index (χ0n) is 13.1. The van der Waals surface area contributed by atoms with Crippen LogP contribution in [-0.4, -0.2) is 24.4 Å². The number of sulfonamides is 1. The molecular weight excluding hydrogens is 346 g/mol. The monoisotopic (exact) mass is 363 g/mol. The lowest BCUT2D eigenvalue weighted by atomic mass is 10.0. The first kappa shape index (κ1) is 16.0. The van der Waals surface area contributed by atoms with Crippen LogP contribution in [0.3, 0.4) is 0 Å². The van der Waals surface area contributed by atoms with Gasteiger partial charge >= 0.3 is 0 Å². The Bertz CT molecular complexity index is 895. The number of rotatable bonds is 5. The van der Waals surface area contributed by atoms with Crippen LogP contribution in [0.5, 0.6) is 0 Å². The molecule has 4 rings (SSSR count). The van der Waals surface area contributed by atoms with Crippen LogP contribution in [0.15, 0.2) is 29.2 Å². The molecule has 5 nitrogen and oxygen atoms in total. The maximum absolute atomic E-state index is 12.4. The average molecular weight is 364 g/mol. The van der Waals surface area contributed by atoms with Crippen molar-refractivity contribution < 1.29 is 8.42 Å². The van der Waals surface area contributed by atoms with Crippen LogP contribution in [0, 0.1) is 0 Å². The molecule has 0 bridgehead atoms. The van der Waals surface area contributed by atoms with E-state index in [0.29, 0.717) is 11.3 Å². The van der Waals surface area contributed by atoms with Gasteiger partial charge in [0.25, 0.3) is 0 Å². The summed E-state index contributed by atoms with van der Waals surface area (Å²) in [5.74, 6) is 0. The van der Waals surface area contributed by atoms with Crippen molar-refractivity contribution in [3.63, 3.8) is 0 Å². The molecule has 7 heteroatoms. The molecule has 0 atom stereocenters. The third-order valence-electron chi connectivity index (χ3n) is 4.47. The third-order valence-corrected chi connectivity index (χ3v) is 6.16. The highest BCUT2D eigenvalue weighted by Gasteiger charge is 2.28. The molecule has 126 valence electrons. The molecule has 2 aromatic rings. The lowest BCUT2D eigenvalue weighted by Gasteiger charge is -2.10. The fraction of sp³-hybridized carbons (Fsp3) is 0.412. The zero-order chi connectivity index (χ0) is 16.7. The summed E-state index contributed by atoms with van der Waals surface area (Å²) in [4.78, 5) is 8.99. The predicted octanol–water partition coefficient (Wildman–Crippen LogP) is 2.65. The van der Waals surface area contributed by atoms with Crippen LogP contribution in [0.25, 0.3) is 0 Å². The summed E-state index contributed by atoms with van der Waals surface area (Å²) in [6.45, 7) is 0. The molecule has 24 heavy (non-hydrogen) atoms. The Morgan fingerprint density at radius 1 is 1.21 bits per heavy atom.